The molecule has 0 aliphatic carbocycles. The van der Waals surface area contributed by atoms with Crippen molar-refractivity contribution in [3.8, 4) is 0 Å². The van der Waals surface area contributed by atoms with E-state index in [1.54, 1.807) is 0 Å². The van der Waals surface area contributed by atoms with Crippen molar-refractivity contribution >= 4 is 17.4 Å². The fraction of sp³-hybridized carbons (Fsp3) is 0.583. The quantitative estimate of drug-likeness (QED) is 0.807. The number of halogens is 2. The maximum Gasteiger partial charge on any atom is 0.167 e. The number of pyridine rings is 1. The molecule has 0 spiro atoms. The van der Waals surface area contributed by atoms with Gasteiger partial charge in [-0.25, -0.2) is 9.37 Å². The highest BCUT2D eigenvalue weighted by atomic mass is 35.5. The summed E-state index contributed by atoms with van der Waals surface area (Å²) in [6.45, 7) is 4.00. The van der Waals surface area contributed by atoms with E-state index < -0.39 is 0 Å². The third-order valence-corrected chi connectivity index (χ3v) is 3.28. The Morgan fingerprint density at radius 2 is 2.44 bits per heavy atom. The van der Waals surface area contributed by atoms with Crippen LogP contribution in [0.15, 0.2) is 12.3 Å². The van der Waals surface area contributed by atoms with Crippen LogP contribution in [0.3, 0.4) is 0 Å². The molecule has 1 aromatic heterocycles. The van der Waals surface area contributed by atoms with Gasteiger partial charge in [0.15, 0.2) is 11.6 Å². The van der Waals surface area contributed by atoms with Crippen LogP contribution in [0.2, 0.25) is 5.02 Å². The van der Waals surface area contributed by atoms with Crippen LogP contribution in [-0.2, 0) is 0 Å². The Morgan fingerprint density at radius 1 is 1.62 bits per heavy atom. The van der Waals surface area contributed by atoms with E-state index in [2.05, 4.69) is 11.9 Å². The smallest absolute Gasteiger partial charge is 0.167 e. The zero-order valence-electron chi connectivity index (χ0n) is 9.42. The molecular weight excluding hydrogens is 227 g/mol. The molecule has 1 saturated heterocycles. The fourth-order valence-electron chi connectivity index (χ4n) is 2.31. The van der Waals surface area contributed by atoms with Crippen LogP contribution in [0.25, 0.3) is 0 Å². The molecule has 4 heteroatoms. The van der Waals surface area contributed by atoms with Gasteiger partial charge in [-0.1, -0.05) is 24.9 Å². The fourth-order valence-corrected chi connectivity index (χ4v) is 2.45. The van der Waals surface area contributed by atoms with Crippen LogP contribution in [-0.4, -0.2) is 18.1 Å². The Balaban J connectivity index is 2.08. The van der Waals surface area contributed by atoms with E-state index in [0.29, 0.717) is 16.8 Å². The van der Waals surface area contributed by atoms with Crippen molar-refractivity contribution in [3.05, 3.63) is 23.1 Å². The third-order valence-electron chi connectivity index (χ3n) is 3.07. The Hall–Kier alpha value is -0.830. The van der Waals surface area contributed by atoms with E-state index in [9.17, 15) is 4.39 Å². The maximum absolute atomic E-state index is 13.6. The summed E-state index contributed by atoms with van der Waals surface area (Å²) in [5.41, 5.74) is 0. The number of nitrogens with zero attached hydrogens (tertiary/aromatic N) is 2. The maximum atomic E-state index is 13.6. The lowest BCUT2D eigenvalue weighted by molar-refractivity contribution is 0.528. The first kappa shape index (κ1) is 11.6. The van der Waals surface area contributed by atoms with E-state index in [4.69, 9.17) is 11.6 Å². The van der Waals surface area contributed by atoms with Gasteiger partial charge in [0.25, 0.3) is 0 Å². The van der Waals surface area contributed by atoms with Gasteiger partial charge in [-0.05, 0) is 24.8 Å². The SMILES string of the molecule is CCCC1CCN(c2ncc(Cl)cc2F)C1. The summed E-state index contributed by atoms with van der Waals surface area (Å²) >= 11 is 5.68. The molecule has 1 fully saturated rings. The van der Waals surface area contributed by atoms with Crippen LogP contribution in [0, 0.1) is 11.7 Å². The van der Waals surface area contributed by atoms with Gasteiger partial charge < -0.3 is 4.90 Å². The van der Waals surface area contributed by atoms with Crippen LogP contribution in [0.4, 0.5) is 10.2 Å². The van der Waals surface area contributed by atoms with E-state index in [0.717, 1.165) is 19.5 Å². The highest BCUT2D eigenvalue weighted by molar-refractivity contribution is 6.30. The lowest BCUT2D eigenvalue weighted by Gasteiger charge is -2.17. The van der Waals surface area contributed by atoms with Gasteiger partial charge in [0.1, 0.15) is 0 Å². The second-order valence-corrected chi connectivity index (χ2v) is 4.78. The number of aromatic nitrogens is 1. The molecule has 0 amide bonds. The number of hydrogen-bond donors (Lipinski definition) is 0. The lowest BCUT2D eigenvalue weighted by Crippen LogP contribution is -2.22. The minimum atomic E-state index is -0.315. The average molecular weight is 243 g/mol. The Kier molecular flexibility index (Phi) is 3.64. The van der Waals surface area contributed by atoms with Crippen molar-refractivity contribution in [2.24, 2.45) is 5.92 Å². The summed E-state index contributed by atoms with van der Waals surface area (Å²) in [6, 6.07) is 1.33. The molecule has 1 aliphatic heterocycles. The Labute approximate surface area is 100 Å². The first-order chi connectivity index (χ1) is 7.70. The van der Waals surface area contributed by atoms with Gasteiger partial charge in [0, 0.05) is 19.3 Å². The average Bonchev–Trinajstić information content (AvgIpc) is 2.67. The highest BCUT2D eigenvalue weighted by Gasteiger charge is 2.24. The van der Waals surface area contributed by atoms with Crippen LogP contribution >= 0.6 is 11.6 Å². The standard InChI is InChI=1S/C12H16ClFN2/c1-2-3-9-4-5-16(8-9)12-11(14)6-10(13)7-15-12/h6-7,9H,2-5,8H2,1H3. The summed E-state index contributed by atoms with van der Waals surface area (Å²) in [6.07, 6.45) is 5.05. The molecule has 0 aromatic carbocycles. The summed E-state index contributed by atoms with van der Waals surface area (Å²) in [5, 5.41) is 0.352. The summed E-state index contributed by atoms with van der Waals surface area (Å²) in [5.74, 6) is 0.814. The molecular formula is C12H16ClFN2. The molecule has 1 aromatic rings. The van der Waals surface area contributed by atoms with Crippen molar-refractivity contribution in [3.63, 3.8) is 0 Å². The molecule has 0 saturated carbocycles. The predicted octanol–water partition coefficient (Wildman–Crippen LogP) is 3.50. The minimum absolute atomic E-state index is 0.315. The second-order valence-electron chi connectivity index (χ2n) is 4.35. The van der Waals surface area contributed by atoms with Gasteiger partial charge in [-0.3, -0.25) is 0 Å². The molecule has 0 bridgehead atoms. The molecule has 2 rings (SSSR count). The summed E-state index contributed by atoms with van der Waals surface area (Å²) < 4.78 is 13.6. The predicted molar refractivity (Wildman–Crippen MR) is 64.4 cm³/mol. The zero-order valence-corrected chi connectivity index (χ0v) is 10.2. The molecule has 16 heavy (non-hydrogen) atoms. The van der Waals surface area contributed by atoms with E-state index in [-0.39, 0.29) is 5.82 Å². The molecule has 0 N–H and O–H groups in total. The lowest BCUT2D eigenvalue weighted by atomic mass is 10.0. The van der Waals surface area contributed by atoms with Crippen molar-refractivity contribution in [1.29, 1.82) is 0 Å². The topological polar surface area (TPSA) is 16.1 Å². The monoisotopic (exact) mass is 242 g/mol. The minimum Gasteiger partial charge on any atom is -0.354 e. The third kappa shape index (κ3) is 2.46. The van der Waals surface area contributed by atoms with Gasteiger partial charge in [-0.15, -0.1) is 0 Å². The molecule has 1 unspecified atom stereocenters. The van der Waals surface area contributed by atoms with E-state index in [1.807, 2.05) is 4.90 Å². The molecule has 88 valence electrons. The van der Waals surface area contributed by atoms with Crippen molar-refractivity contribution in [2.75, 3.05) is 18.0 Å². The van der Waals surface area contributed by atoms with Gasteiger partial charge in [0.05, 0.1) is 5.02 Å². The van der Waals surface area contributed by atoms with Crippen LogP contribution in [0.5, 0.6) is 0 Å². The molecule has 1 aliphatic rings. The number of hydrogen-bond acceptors (Lipinski definition) is 2. The second kappa shape index (κ2) is 5.00. The van der Waals surface area contributed by atoms with Crippen LogP contribution in [0.1, 0.15) is 26.2 Å². The van der Waals surface area contributed by atoms with Gasteiger partial charge >= 0.3 is 0 Å². The van der Waals surface area contributed by atoms with Crippen LogP contribution < -0.4 is 4.90 Å². The zero-order chi connectivity index (χ0) is 11.5. The van der Waals surface area contributed by atoms with Gasteiger partial charge in [-0.2, -0.15) is 0 Å². The van der Waals surface area contributed by atoms with Crippen molar-refractivity contribution in [1.82, 2.24) is 4.98 Å². The normalized spacial score (nSPS) is 20.4. The molecule has 2 nitrogen and oxygen atoms in total. The van der Waals surface area contributed by atoms with E-state index >= 15 is 0 Å². The number of anilines is 1. The Morgan fingerprint density at radius 3 is 3.12 bits per heavy atom. The summed E-state index contributed by atoms with van der Waals surface area (Å²) in [7, 11) is 0. The molecule has 0 radical (unpaired) electrons. The summed E-state index contributed by atoms with van der Waals surface area (Å²) in [4.78, 5) is 6.09. The van der Waals surface area contributed by atoms with Gasteiger partial charge in [0.2, 0.25) is 0 Å². The first-order valence-electron chi connectivity index (χ1n) is 5.76. The van der Waals surface area contributed by atoms with Crippen molar-refractivity contribution in [2.45, 2.75) is 26.2 Å². The molecule has 1 atom stereocenters. The first-order valence-corrected chi connectivity index (χ1v) is 6.14. The highest BCUT2D eigenvalue weighted by Crippen LogP contribution is 2.27. The number of rotatable bonds is 3. The molecule has 2 heterocycles. The van der Waals surface area contributed by atoms with Crippen molar-refractivity contribution < 1.29 is 4.39 Å². The largest absolute Gasteiger partial charge is 0.354 e. The Bertz CT molecular complexity index is 370. The van der Waals surface area contributed by atoms with E-state index in [1.165, 1.54) is 25.1 Å².